The summed E-state index contributed by atoms with van der Waals surface area (Å²) in [5.74, 6) is -3.46. The van der Waals surface area contributed by atoms with Crippen LogP contribution in [0.1, 0.15) is 12.1 Å². The molecule has 0 radical (unpaired) electrons. The van der Waals surface area contributed by atoms with Crippen molar-refractivity contribution in [3.8, 4) is 0 Å². The summed E-state index contributed by atoms with van der Waals surface area (Å²) in [5, 5.41) is 26.7. The highest BCUT2D eigenvalue weighted by molar-refractivity contribution is 8.00. The number of quaternary nitrogens is 1. The number of hydrogen-bond acceptors (Lipinski definition) is 10. The number of β-lactam (4-membered cyclic amide) rings is 1. The number of carboxylic acids is 2. The van der Waals surface area contributed by atoms with Crippen molar-refractivity contribution < 1.29 is 38.7 Å². The normalized spacial score (nSPS) is 28.4. The molecule has 4 heterocycles. The molecule has 0 bridgehead atoms. The highest BCUT2D eigenvalue weighted by atomic mass is 32.2. The molecule has 35 heavy (non-hydrogen) atoms. The number of oxime groups is 1. The highest BCUT2D eigenvalue weighted by Crippen LogP contribution is 2.41. The summed E-state index contributed by atoms with van der Waals surface area (Å²) in [7, 11) is 3.17. The van der Waals surface area contributed by atoms with E-state index in [9.17, 15) is 29.4 Å². The summed E-state index contributed by atoms with van der Waals surface area (Å²) in [6.45, 7) is 1.34. The van der Waals surface area contributed by atoms with Crippen molar-refractivity contribution in [2.24, 2.45) is 11.1 Å². The number of carbonyl (C=O) groups is 4. The van der Waals surface area contributed by atoms with Crippen molar-refractivity contribution in [1.29, 1.82) is 0 Å². The number of fused-ring (bicyclic) bond motifs is 1. The Bertz CT molecular complexity index is 1150. The average Bonchev–Trinajstić information content (AvgIpc) is 3.40. The Labute approximate surface area is 208 Å². The van der Waals surface area contributed by atoms with Crippen LogP contribution in [0.2, 0.25) is 0 Å². The standard InChI is InChI=1S/C20H24N6O7S2/c1-26(4-3-9(5-26)18(29)30)6-10-7-34-17-13(16(28)25(17)14(10)19(31)32)23-15(27)12(24-33-2)11-8-35-20(21)22-11/h8-9,13,17H,3-7H2,1-2H3,(H4-,21,22,23,27,29,30,31,32)/p+1/b24-12-/t9?,13-,17-,26?/m1/s1. The van der Waals surface area contributed by atoms with E-state index in [0.717, 1.165) is 11.3 Å². The maximum atomic E-state index is 13.0. The molecule has 1 aromatic rings. The van der Waals surface area contributed by atoms with Crippen LogP contribution in [-0.4, -0.2) is 105 Å². The third-order valence-electron chi connectivity index (χ3n) is 6.30. The number of thiazole rings is 1. The number of likely N-dealkylation sites (N-methyl/N-ethyl adjacent to an activating group) is 1. The molecule has 0 saturated carbocycles. The third kappa shape index (κ3) is 4.70. The summed E-state index contributed by atoms with van der Waals surface area (Å²) in [5.41, 5.74) is 6.15. The zero-order valence-electron chi connectivity index (χ0n) is 19.0. The summed E-state index contributed by atoms with van der Waals surface area (Å²) < 4.78 is 0.393. The van der Waals surface area contributed by atoms with Crippen LogP contribution in [-0.2, 0) is 24.0 Å². The number of thioether (sulfide) groups is 1. The zero-order chi connectivity index (χ0) is 25.5. The lowest BCUT2D eigenvalue weighted by molar-refractivity contribution is -0.894. The minimum atomic E-state index is -1.23. The van der Waals surface area contributed by atoms with Crippen LogP contribution in [0.3, 0.4) is 0 Å². The van der Waals surface area contributed by atoms with Gasteiger partial charge in [0.15, 0.2) is 10.8 Å². The van der Waals surface area contributed by atoms with Crippen LogP contribution in [0.4, 0.5) is 5.13 Å². The predicted molar refractivity (Wildman–Crippen MR) is 126 cm³/mol. The van der Waals surface area contributed by atoms with Crippen molar-refractivity contribution in [2.75, 3.05) is 45.3 Å². The van der Waals surface area contributed by atoms with Crippen LogP contribution in [0, 0.1) is 5.92 Å². The van der Waals surface area contributed by atoms with E-state index in [1.165, 1.54) is 29.2 Å². The van der Waals surface area contributed by atoms with Gasteiger partial charge in [0.1, 0.15) is 42.4 Å². The van der Waals surface area contributed by atoms with Crippen molar-refractivity contribution in [2.45, 2.75) is 17.8 Å². The van der Waals surface area contributed by atoms with Crippen LogP contribution in [0.5, 0.6) is 0 Å². The van der Waals surface area contributed by atoms with E-state index in [-0.39, 0.29) is 22.2 Å². The molecule has 0 aromatic carbocycles. The molecule has 15 heteroatoms. The number of carboxylic acid groups (broad SMARTS) is 2. The Morgan fingerprint density at radius 3 is 2.71 bits per heavy atom. The van der Waals surface area contributed by atoms with E-state index in [2.05, 4.69) is 15.5 Å². The van der Waals surface area contributed by atoms with Gasteiger partial charge < -0.3 is 30.6 Å². The van der Waals surface area contributed by atoms with Gasteiger partial charge in [-0.15, -0.1) is 23.1 Å². The maximum Gasteiger partial charge on any atom is 0.352 e. The lowest BCUT2D eigenvalue weighted by atomic mass is 10.0. The smallest absolute Gasteiger partial charge is 0.352 e. The van der Waals surface area contributed by atoms with Gasteiger partial charge in [-0.1, -0.05) is 5.16 Å². The second kappa shape index (κ2) is 9.47. The molecular formula is C20H25N6O7S2+. The van der Waals surface area contributed by atoms with E-state index in [1.807, 2.05) is 7.05 Å². The molecular weight excluding hydrogens is 500 g/mol. The fourth-order valence-electron chi connectivity index (χ4n) is 4.69. The number of likely N-dealkylation sites (tertiary alicyclic amines) is 1. The molecule has 2 saturated heterocycles. The lowest BCUT2D eigenvalue weighted by Gasteiger charge is -2.49. The summed E-state index contributed by atoms with van der Waals surface area (Å²) in [6, 6.07) is -0.950. The van der Waals surface area contributed by atoms with E-state index in [1.54, 1.807) is 0 Å². The van der Waals surface area contributed by atoms with Gasteiger partial charge in [0, 0.05) is 23.1 Å². The number of amides is 2. The average molecular weight is 526 g/mol. The van der Waals surface area contributed by atoms with Crippen LogP contribution in [0.15, 0.2) is 21.8 Å². The van der Waals surface area contributed by atoms with Gasteiger partial charge in [-0.25, -0.2) is 9.78 Å². The van der Waals surface area contributed by atoms with Gasteiger partial charge >= 0.3 is 11.9 Å². The number of aliphatic carboxylic acids is 2. The monoisotopic (exact) mass is 525 g/mol. The first-order valence-corrected chi connectivity index (χ1v) is 12.6. The molecule has 4 rings (SSSR count). The number of nitrogens with one attached hydrogen (secondary N) is 1. The summed E-state index contributed by atoms with van der Waals surface area (Å²) in [6.07, 6.45) is 0.518. The molecule has 5 N–H and O–H groups in total. The molecule has 3 aliphatic heterocycles. The molecule has 2 unspecified atom stereocenters. The highest BCUT2D eigenvalue weighted by Gasteiger charge is 2.55. The minimum absolute atomic E-state index is 0.0968. The van der Waals surface area contributed by atoms with Crippen LogP contribution >= 0.6 is 23.1 Å². The van der Waals surface area contributed by atoms with E-state index in [4.69, 9.17) is 10.6 Å². The number of anilines is 1. The van der Waals surface area contributed by atoms with E-state index in [0.29, 0.717) is 41.9 Å². The maximum absolute atomic E-state index is 13.0. The number of nitrogen functional groups attached to an aromatic ring is 1. The molecule has 3 aliphatic rings. The van der Waals surface area contributed by atoms with E-state index >= 15 is 0 Å². The number of rotatable bonds is 8. The first-order chi connectivity index (χ1) is 16.5. The SMILES string of the molecule is CO/N=C(\C(=O)N[C@@H]1C(=O)N2C(C(=O)O)=C(C[N+]3(C)CCC(C(=O)O)C3)CS[C@H]12)c1csc(N)n1. The summed E-state index contributed by atoms with van der Waals surface area (Å²) >= 11 is 2.47. The van der Waals surface area contributed by atoms with Gasteiger partial charge in [-0.05, 0) is 0 Å². The second-order valence-electron chi connectivity index (χ2n) is 8.82. The quantitative estimate of drug-likeness (QED) is 0.147. The second-order valence-corrected chi connectivity index (χ2v) is 10.8. The third-order valence-corrected chi connectivity index (χ3v) is 8.31. The van der Waals surface area contributed by atoms with Crippen LogP contribution in [0.25, 0.3) is 0 Å². The fraction of sp³-hybridized carbons (Fsp3) is 0.500. The number of nitrogens with zero attached hydrogens (tertiary/aromatic N) is 4. The Morgan fingerprint density at radius 1 is 1.40 bits per heavy atom. The molecule has 2 amide bonds. The molecule has 1 aromatic heterocycles. The lowest BCUT2D eigenvalue weighted by Crippen LogP contribution is -2.71. The Morgan fingerprint density at radius 2 is 2.14 bits per heavy atom. The number of nitrogens with two attached hydrogens (primary N) is 1. The molecule has 13 nitrogen and oxygen atoms in total. The largest absolute Gasteiger partial charge is 0.481 e. The molecule has 0 aliphatic carbocycles. The topological polar surface area (TPSA) is 185 Å². The Kier molecular flexibility index (Phi) is 6.75. The van der Waals surface area contributed by atoms with E-state index < -0.39 is 41.1 Å². The molecule has 188 valence electrons. The first-order valence-electron chi connectivity index (χ1n) is 10.6. The fourth-order valence-corrected chi connectivity index (χ4v) is 6.58. The molecule has 4 atom stereocenters. The zero-order valence-corrected chi connectivity index (χ0v) is 20.6. The number of aromatic nitrogens is 1. The minimum Gasteiger partial charge on any atom is -0.481 e. The Hall–Kier alpha value is -3.17. The van der Waals surface area contributed by atoms with Gasteiger partial charge in [-0.2, -0.15) is 0 Å². The van der Waals surface area contributed by atoms with Gasteiger partial charge in [0.25, 0.3) is 11.8 Å². The van der Waals surface area contributed by atoms with Crippen molar-refractivity contribution in [1.82, 2.24) is 15.2 Å². The molecule has 0 spiro atoms. The molecule has 2 fully saturated rings. The van der Waals surface area contributed by atoms with Crippen molar-refractivity contribution in [3.63, 3.8) is 0 Å². The van der Waals surface area contributed by atoms with Gasteiger partial charge in [-0.3, -0.25) is 19.3 Å². The number of carbonyl (C=O) groups excluding carboxylic acids is 2. The summed E-state index contributed by atoms with van der Waals surface area (Å²) in [4.78, 5) is 59.3. The Balaban J connectivity index is 1.51. The van der Waals surface area contributed by atoms with Gasteiger partial charge in [0.05, 0.1) is 20.1 Å². The van der Waals surface area contributed by atoms with Crippen molar-refractivity contribution in [3.05, 3.63) is 22.3 Å². The van der Waals surface area contributed by atoms with Crippen LogP contribution < -0.4 is 11.1 Å². The number of hydrogen-bond donors (Lipinski definition) is 4. The van der Waals surface area contributed by atoms with Crippen molar-refractivity contribution >= 4 is 57.7 Å². The first kappa shape index (κ1) is 24.9. The van der Waals surface area contributed by atoms with Gasteiger partial charge in [0.2, 0.25) is 0 Å². The predicted octanol–water partition coefficient (Wildman–Crippen LogP) is -0.634.